The summed E-state index contributed by atoms with van der Waals surface area (Å²) in [5.74, 6) is -2.07. The highest BCUT2D eigenvalue weighted by Crippen LogP contribution is 2.23. The van der Waals surface area contributed by atoms with Crippen LogP contribution in [0.15, 0.2) is 48.5 Å². The lowest BCUT2D eigenvalue weighted by atomic mass is 10.1. The maximum atomic E-state index is 13.5. The van der Waals surface area contributed by atoms with Crippen molar-refractivity contribution in [1.82, 2.24) is 0 Å². The number of sulfonamides is 1. The molecule has 3 N–H and O–H groups in total. The van der Waals surface area contributed by atoms with Crippen LogP contribution in [0.25, 0.3) is 0 Å². The van der Waals surface area contributed by atoms with Gasteiger partial charge in [-0.2, -0.15) is 0 Å². The van der Waals surface area contributed by atoms with E-state index in [1.165, 1.54) is 31.2 Å². The van der Waals surface area contributed by atoms with E-state index in [-0.39, 0.29) is 16.9 Å². The summed E-state index contributed by atoms with van der Waals surface area (Å²) in [4.78, 5) is 24.0. The second kappa shape index (κ2) is 7.52. The lowest BCUT2D eigenvalue weighted by Gasteiger charge is -2.28. The minimum Gasteiger partial charge on any atom is -0.366 e. The van der Waals surface area contributed by atoms with Gasteiger partial charge in [0.25, 0.3) is 5.91 Å². The molecular weight excluding hydrogens is 361 g/mol. The van der Waals surface area contributed by atoms with Crippen molar-refractivity contribution >= 4 is 33.2 Å². The molecule has 7 nitrogen and oxygen atoms in total. The van der Waals surface area contributed by atoms with Crippen molar-refractivity contribution in [2.75, 3.05) is 15.9 Å². The number of anilines is 2. The number of hydrogen-bond acceptors (Lipinski definition) is 4. The van der Waals surface area contributed by atoms with E-state index in [0.29, 0.717) is 0 Å². The number of hydrogen-bond donors (Lipinski definition) is 2. The molecule has 26 heavy (non-hydrogen) atoms. The van der Waals surface area contributed by atoms with Crippen LogP contribution >= 0.6 is 0 Å². The monoisotopic (exact) mass is 379 g/mol. The van der Waals surface area contributed by atoms with Crippen LogP contribution in [0, 0.1) is 5.82 Å². The summed E-state index contributed by atoms with van der Waals surface area (Å²) >= 11 is 0. The third-order valence-electron chi connectivity index (χ3n) is 3.60. The number of benzene rings is 2. The van der Waals surface area contributed by atoms with Crippen LogP contribution in [0.2, 0.25) is 0 Å². The van der Waals surface area contributed by atoms with Gasteiger partial charge >= 0.3 is 0 Å². The summed E-state index contributed by atoms with van der Waals surface area (Å²) in [7, 11) is -3.88. The van der Waals surface area contributed by atoms with Crippen molar-refractivity contribution in [3.8, 4) is 0 Å². The molecule has 0 radical (unpaired) electrons. The number of nitrogens with zero attached hydrogens (tertiary/aromatic N) is 1. The number of rotatable bonds is 6. The van der Waals surface area contributed by atoms with Gasteiger partial charge in [0.2, 0.25) is 15.9 Å². The topological polar surface area (TPSA) is 110 Å². The normalized spacial score (nSPS) is 12.3. The van der Waals surface area contributed by atoms with Gasteiger partial charge in [-0.25, -0.2) is 12.8 Å². The molecule has 0 unspecified atom stereocenters. The first-order valence-electron chi connectivity index (χ1n) is 7.56. The first-order chi connectivity index (χ1) is 12.1. The van der Waals surface area contributed by atoms with Gasteiger partial charge in [-0.1, -0.05) is 18.2 Å². The van der Waals surface area contributed by atoms with Crippen molar-refractivity contribution in [1.29, 1.82) is 0 Å². The highest BCUT2D eigenvalue weighted by Gasteiger charge is 2.29. The molecule has 2 amide bonds. The number of amides is 2. The van der Waals surface area contributed by atoms with Gasteiger partial charge in [0, 0.05) is 0 Å². The van der Waals surface area contributed by atoms with Crippen LogP contribution in [0.1, 0.15) is 17.3 Å². The number of para-hydroxylation sites is 1. The molecule has 1 atom stereocenters. The number of carbonyl (C=O) groups excluding carboxylic acids is 2. The summed E-state index contributed by atoms with van der Waals surface area (Å²) in [6, 6.07) is 9.78. The van der Waals surface area contributed by atoms with Crippen LogP contribution in [0.5, 0.6) is 0 Å². The predicted molar refractivity (Wildman–Crippen MR) is 96.8 cm³/mol. The minimum atomic E-state index is -3.88. The first-order valence-corrected chi connectivity index (χ1v) is 9.40. The standard InChI is InChI=1S/C17H18FN3O4S/c1-11(17(23)20-15-9-4-3-8-14(15)16(19)22)21(26(2,24)25)13-7-5-6-12(18)10-13/h3-11H,1-2H3,(H2,19,22)(H,20,23)/t11-/m0/s1. The van der Waals surface area contributed by atoms with Gasteiger partial charge in [0.15, 0.2) is 0 Å². The molecular formula is C17H18FN3O4S. The maximum Gasteiger partial charge on any atom is 0.250 e. The molecule has 0 aliphatic rings. The van der Waals surface area contributed by atoms with Crippen LogP contribution < -0.4 is 15.4 Å². The van der Waals surface area contributed by atoms with E-state index in [1.807, 2.05) is 0 Å². The fourth-order valence-corrected chi connectivity index (χ4v) is 3.63. The molecule has 0 aliphatic heterocycles. The summed E-state index contributed by atoms with van der Waals surface area (Å²) in [6.07, 6.45) is 0.916. The number of carbonyl (C=O) groups is 2. The third-order valence-corrected chi connectivity index (χ3v) is 4.84. The van der Waals surface area contributed by atoms with Crippen LogP contribution in [-0.4, -0.2) is 32.5 Å². The van der Waals surface area contributed by atoms with E-state index in [2.05, 4.69) is 5.32 Å². The smallest absolute Gasteiger partial charge is 0.250 e. The van der Waals surface area contributed by atoms with E-state index in [1.54, 1.807) is 12.1 Å². The lowest BCUT2D eigenvalue weighted by Crippen LogP contribution is -2.45. The maximum absolute atomic E-state index is 13.5. The molecule has 0 saturated heterocycles. The van der Waals surface area contributed by atoms with Gasteiger partial charge in [-0.15, -0.1) is 0 Å². The molecule has 0 heterocycles. The Labute approximate surface area is 150 Å². The highest BCUT2D eigenvalue weighted by molar-refractivity contribution is 7.92. The molecule has 0 fully saturated rings. The molecule has 138 valence electrons. The molecule has 2 aromatic rings. The summed E-state index contributed by atoms with van der Waals surface area (Å²) in [5.41, 5.74) is 5.52. The largest absolute Gasteiger partial charge is 0.366 e. The quantitative estimate of drug-likeness (QED) is 0.796. The number of nitrogens with two attached hydrogens (primary N) is 1. The van der Waals surface area contributed by atoms with E-state index in [4.69, 9.17) is 5.73 Å². The predicted octanol–water partition coefficient (Wildman–Crippen LogP) is 1.72. The number of nitrogens with one attached hydrogen (secondary N) is 1. The van der Waals surface area contributed by atoms with Crippen molar-refractivity contribution in [2.45, 2.75) is 13.0 Å². The molecule has 0 spiro atoms. The lowest BCUT2D eigenvalue weighted by molar-refractivity contribution is -0.116. The Morgan fingerprint density at radius 3 is 2.38 bits per heavy atom. The van der Waals surface area contributed by atoms with E-state index >= 15 is 0 Å². The van der Waals surface area contributed by atoms with E-state index in [9.17, 15) is 22.4 Å². The van der Waals surface area contributed by atoms with Crippen molar-refractivity contribution in [2.24, 2.45) is 5.73 Å². The molecule has 0 saturated carbocycles. The Hall–Kier alpha value is -2.94. The molecule has 9 heteroatoms. The Morgan fingerprint density at radius 1 is 1.15 bits per heavy atom. The highest BCUT2D eigenvalue weighted by atomic mass is 32.2. The van der Waals surface area contributed by atoms with Crippen LogP contribution in [0.4, 0.5) is 15.8 Å². The summed E-state index contributed by atoms with van der Waals surface area (Å²) in [5, 5.41) is 2.49. The average Bonchev–Trinajstić information content (AvgIpc) is 2.54. The zero-order valence-electron chi connectivity index (χ0n) is 14.1. The Kier molecular flexibility index (Phi) is 5.61. The summed E-state index contributed by atoms with van der Waals surface area (Å²) in [6.45, 7) is 1.36. The number of halogens is 1. The van der Waals surface area contributed by atoms with Crippen LogP contribution in [0.3, 0.4) is 0 Å². The van der Waals surface area contributed by atoms with Gasteiger partial charge in [-0.3, -0.25) is 13.9 Å². The summed E-state index contributed by atoms with van der Waals surface area (Å²) < 4.78 is 38.6. The Bertz CT molecular complexity index is 947. The van der Waals surface area contributed by atoms with Gasteiger partial charge in [0.05, 0.1) is 23.2 Å². The fraction of sp³-hybridized carbons (Fsp3) is 0.176. The van der Waals surface area contributed by atoms with Crippen molar-refractivity contribution < 1.29 is 22.4 Å². The minimum absolute atomic E-state index is 0.0123. The fourth-order valence-electron chi connectivity index (χ4n) is 2.47. The Balaban J connectivity index is 2.36. The molecule has 2 rings (SSSR count). The van der Waals surface area contributed by atoms with E-state index < -0.39 is 33.7 Å². The van der Waals surface area contributed by atoms with Gasteiger partial charge in [-0.05, 0) is 37.3 Å². The number of primary amides is 1. The van der Waals surface area contributed by atoms with Crippen molar-refractivity contribution in [3.63, 3.8) is 0 Å². The first kappa shape index (κ1) is 19.4. The molecule has 0 aromatic heterocycles. The van der Waals surface area contributed by atoms with Crippen molar-refractivity contribution in [3.05, 3.63) is 59.9 Å². The van der Waals surface area contributed by atoms with E-state index in [0.717, 1.165) is 22.7 Å². The SMILES string of the molecule is C[C@@H](C(=O)Nc1ccccc1C(N)=O)N(c1cccc(F)c1)S(C)(=O)=O. The Morgan fingerprint density at radius 2 is 1.81 bits per heavy atom. The van der Waals surface area contributed by atoms with Gasteiger partial charge < -0.3 is 11.1 Å². The zero-order valence-corrected chi connectivity index (χ0v) is 15.0. The molecule has 0 aliphatic carbocycles. The third kappa shape index (κ3) is 4.37. The van der Waals surface area contributed by atoms with Crippen LogP contribution in [-0.2, 0) is 14.8 Å². The van der Waals surface area contributed by atoms with Gasteiger partial charge in [0.1, 0.15) is 11.9 Å². The zero-order chi connectivity index (χ0) is 19.5. The second-order valence-corrected chi connectivity index (χ2v) is 7.47. The average molecular weight is 379 g/mol. The molecule has 0 bridgehead atoms. The molecule has 2 aromatic carbocycles. The second-order valence-electron chi connectivity index (χ2n) is 5.61.